The van der Waals surface area contributed by atoms with Crippen molar-refractivity contribution in [3.05, 3.63) is 42.6 Å². The van der Waals surface area contributed by atoms with Crippen LogP contribution in [0.3, 0.4) is 0 Å². The van der Waals surface area contributed by atoms with Crippen molar-refractivity contribution in [2.45, 2.75) is 20.8 Å². The van der Waals surface area contributed by atoms with Gasteiger partial charge in [0.05, 0.1) is 6.20 Å². The van der Waals surface area contributed by atoms with Gasteiger partial charge in [0.1, 0.15) is 11.6 Å². The van der Waals surface area contributed by atoms with Crippen LogP contribution >= 0.6 is 0 Å². The molecule has 25 heavy (non-hydrogen) atoms. The highest BCUT2D eigenvalue weighted by molar-refractivity contribution is 5.71. The van der Waals surface area contributed by atoms with Crippen LogP contribution in [0.5, 0.6) is 11.6 Å². The lowest BCUT2D eigenvalue weighted by Gasteiger charge is -2.18. The smallest absolute Gasteiger partial charge is 0.237 e. The van der Waals surface area contributed by atoms with Crippen molar-refractivity contribution in [2.24, 2.45) is 5.41 Å². The third kappa shape index (κ3) is 4.47. The number of imidazole rings is 1. The molecule has 0 saturated heterocycles. The third-order valence-corrected chi connectivity index (χ3v) is 3.38. The van der Waals surface area contributed by atoms with Crippen LogP contribution in [0.1, 0.15) is 20.8 Å². The summed E-state index contributed by atoms with van der Waals surface area (Å²) in [5, 5.41) is 10.3. The molecule has 0 unspecified atom stereocenters. The molecule has 0 spiro atoms. The highest BCUT2D eigenvalue weighted by Crippen LogP contribution is 2.23. The van der Waals surface area contributed by atoms with E-state index in [0.29, 0.717) is 23.7 Å². The van der Waals surface area contributed by atoms with Crippen LogP contribution in [-0.4, -0.2) is 27.6 Å². The number of amides is 1. The fourth-order valence-corrected chi connectivity index (χ4v) is 2.20. The second-order valence-electron chi connectivity index (χ2n) is 6.91. The first-order chi connectivity index (χ1) is 11.9. The molecule has 0 bridgehead atoms. The highest BCUT2D eigenvalue weighted by atomic mass is 16.5. The number of anilines is 2. The molecule has 3 aromatic rings. The summed E-state index contributed by atoms with van der Waals surface area (Å²) in [6, 6.07) is 10.7. The number of aromatic nitrogens is 3. The second kappa shape index (κ2) is 6.80. The number of nitrogens with zero attached hydrogens (tertiary/aromatic N) is 3. The molecule has 1 amide bonds. The SMILES string of the molecule is CC(C)(C)CNc1cn2nc(Oc3cccc(NC=O)c3)ccc2n1. The van der Waals surface area contributed by atoms with Crippen LogP contribution in [0.15, 0.2) is 42.6 Å². The standard InChI is InChI=1S/C18H21N5O2/c1-18(2,3)11-19-15-10-23-16(21-15)7-8-17(22-23)25-14-6-4-5-13(9-14)20-12-24/h4-10,12,19H,11H2,1-3H3,(H,20,24). The molecule has 3 rings (SSSR count). The molecular weight excluding hydrogens is 318 g/mol. The molecule has 0 aliphatic carbocycles. The topological polar surface area (TPSA) is 80.5 Å². The molecule has 0 fully saturated rings. The number of ether oxygens (including phenoxy) is 1. The Hall–Kier alpha value is -3.09. The lowest BCUT2D eigenvalue weighted by molar-refractivity contribution is -0.105. The Morgan fingerprint density at radius 1 is 1.24 bits per heavy atom. The molecule has 0 radical (unpaired) electrons. The lowest BCUT2D eigenvalue weighted by atomic mass is 9.97. The Balaban J connectivity index is 1.76. The van der Waals surface area contributed by atoms with Crippen LogP contribution in [0.2, 0.25) is 0 Å². The van der Waals surface area contributed by atoms with Gasteiger partial charge in [-0.2, -0.15) is 0 Å². The van der Waals surface area contributed by atoms with Gasteiger partial charge in [-0.25, -0.2) is 9.50 Å². The number of rotatable bonds is 6. The van der Waals surface area contributed by atoms with Crippen molar-refractivity contribution >= 4 is 23.6 Å². The van der Waals surface area contributed by atoms with E-state index in [-0.39, 0.29) is 5.41 Å². The van der Waals surface area contributed by atoms with E-state index in [1.165, 1.54) is 0 Å². The van der Waals surface area contributed by atoms with Gasteiger partial charge in [0.2, 0.25) is 12.3 Å². The van der Waals surface area contributed by atoms with Gasteiger partial charge in [-0.05, 0) is 23.6 Å². The fraction of sp³-hybridized carbons (Fsp3) is 0.278. The molecule has 7 nitrogen and oxygen atoms in total. The van der Waals surface area contributed by atoms with Crippen molar-refractivity contribution in [2.75, 3.05) is 17.2 Å². The van der Waals surface area contributed by atoms with Crippen molar-refractivity contribution in [3.8, 4) is 11.6 Å². The van der Waals surface area contributed by atoms with Crippen molar-refractivity contribution in [1.29, 1.82) is 0 Å². The summed E-state index contributed by atoms with van der Waals surface area (Å²) in [7, 11) is 0. The molecule has 130 valence electrons. The number of carbonyl (C=O) groups is 1. The Kier molecular flexibility index (Phi) is 4.56. The lowest BCUT2D eigenvalue weighted by Crippen LogP contribution is -2.19. The van der Waals surface area contributed by atoms with Gasteiger partial charge in [0, 0.05) is 24.4 Å². The Bertz CT molecular complexity index is 883. The molecular formula is C18H21N5O2. The number of benzene rings is 1. The summed E-state index contributed by atoms with van der Waals surface area (Å²) in [6.07, 6.45) is 2.46. The molecule has 2 heterocycles. The van der Waals surface area contributed by atoms with Gasteiger partial charge in [-0.3, -0.25) is 4.79 Å². The van der Waals surface area contributed by atoms with Gasteiger partial charge in [-0.1, -0.05) is 26.8 Å². The van der Waals surface area contributed by atoms with E-state index in [1.54, 1.807) is 34.8 Å². The Morgan fingerprint density at radius 2 is 2.08 bits per heavy atom. The van der Waals surface area contributed by atoms with E-state index in [0.717, 1.165) is 18.0 Å². The molecule has 2 aromatic heterocycles. The third-order valence-electron chi connectivity index (χ3n) is 3.38. The molecule has 7 heteroatoms. The number of hydrogen-bond donors (Lipinski definition) is 2. The maximum atomic E-state index is 10.5. The zero-order valence-corrected chi connectivity index (χ0v) is 14.5. The van der Waals surface area contributed by atoms with Crippen LogP contribution in [0.4, 0.5) is 11.5 Å². The monoisotopic (exact) mass is 339 g/mol. The number of hydrogen-bond acceptors (Lipinski definition) is 5. The summed E-state index contributed by atoms with van der Waals surface area (Å²) in [5.74, 6) is 1.80. The largest absolute Gasteiger partial charge is 0.438 e. The number of carbonyl (C=O) groups excluding carboxylic acids is 1. The van der Waals surface area contributed by atoms with E-state index in [2.05, 4.69) is 41.5 Å². The summed E-state index contributed by atoms with van der Waals surface area (Å²) in [4.78, 5) is 15.0. The molecule has 0 saturated carbocycles. The van der Waals surface area contributed by atoms with Gasteiger partial charge >= 0.3 is 0 Å². The van der Waals surface area contributed by atoms with Gasteiger partial charge in [-0.15, -0.1) is 5.10 Å². The fourth-order valence-electron chi connectivity index (χ4n) is 2.20. The van der Waals surface area contributed by atoms with Crippen molar-refractivity contribution in [1.82, 2.24) is 14.6 Å². The van der Waals surface area contributed by atoms with E-state index in [4.69, 9.17) is 4.74 Å². The van der Waals surface area contributed by atoms with E-state index in [9.17, 15) is 4.79 Å². The predicted molar refractivity (Wildman–Crippen MR) is 97.1 cm³/mol. The summed E-state index contributed by atoms with van der Waals surface area (Å²) < 4.78 is 7.44. The molecule has 1 aromatic carbocycles. The Morgan fingerprint density at radius 3 is 2.84 bits per heavy atom. The summed E-state index contributed by atoms with van der Waals surface area (Å²) in [5.41, 5.74) is 1.56. The molecule has 0 aliphatic heterocycles. The first kappa shape index (κ1) is 16.8. The van der Waals surface area contributed by atoms with Gasteiger partial charge < -0.3 is 15.4 Å². The van der Waals surface area contributed by atoms with Crippen LogP contribution in [-0.2, 0) is 4.79 Å². The van der Waals surface area contributed by atoms with E-state index >= 15 is 0 Å². The summed E-state index contributed by atoms with van der Waals surface area (Å²) >= 11 is 0. The zero-order chi connectivity index (χ0) is 17.9. The molecule has 0 atom stereocenters. The van der Waals surface area contributed by atoms with Crippen LogP contribution in [0, 0.1) is 5.41 Å². The predicted octanol–water partition coefficient (Wildman–Crippen LogP) is 3.55. The Labute approximate surface area is 146 Å². The average molecular weight is 339 g/mol. The minimum atomic E-state index is 0.165. The van der Waals surface area contributed by atoms with E-state index < -0.39 is 0 Å². The number of nitrogens with one attached hydrogen (secondary N) is 2. The van der Waals surface area contributed by atoms with E-state index in [1.807, 2.05) is 12.3 Å². The van der Waals surface area contributed by atoms with Crippen LogP contribution < -0.4 is 15.4 Å². The first-order valence-electron chi connectivity index (χ1n) is 8.01. The molecule has 0 aliphatic rings. The average Bonchev–Trinajstić information content (AvgIpc) is 2.95. The maximum Gasteiger partial charge on any atom is 0.237 e. The highest BCUT2D eigenvalue weighted by Gasteiger charge is 2.11. The van der Waals surface area contributed by atoms with Crippen molar-refractivity contribution < 1.29 is 9.53 Å². The van der Waals surface area contributed by atoms with Crippen LogP contribution in [0.25, 0.3) is 5.65 Å². The summed E-state index contributed by atoms with van der Waals surface area (Å²) in [6.45, 7) is 7.30. The zero-order valence-electron chi connectivity index (χ0n) is 14.5. The first-order valence-corrected chi connectivity index (χ1v) is 8.01. The minimum absolute atomic E-state index is 0.165. The normalized spacial score (nSPS) is 11.3. The van der Waals surface area contributed by atoms with Crippen molar-refractivity contribution in [3.63, 3.8) is 0 Å². The molecule has 2 N–H and O–H groups in total. The van der Waals surface area contributed by atoms with Gasteiger partial charge in [0.15, 0.2) is 5.65 Å². The number of fused-ring (bicyclic) bond motifs is 1. The maximum absolute atomic E-state index is 10.5. The minimum Gasteiger partial charge on any atom is -0.438 e. The quantitative estimate of drug-likeness (QED) is 0.671. The van der Waals surface area contributed by atoms with Gasteiger partial charge in [0.25, 0.3) is 0 Å². The second-order valence-corrected chi connectivity index (χ2v) is 6.91.